The van der Waals surface area contributed by atoms with Crippen LogP contribution in [0.4, 0.5) is 26.1 Å². The number of nitrogens with zero attached hydrogens (tertiary/aromatic N) is 6. The van der Waals surface area contributed by atoms with E-state index in [4.69, 9.17) is 0 Å². The molecule has 12 heteroatoms. The van der Waals surface area contributed by atoms with E-state index in [1.165, 1.54) is 22.5 Å². The highest BCUT2D eigenvalue weighted by atomic mass is 19.2. The maximum atomic E-state index is 13.7. The van der Waals surface area contributed by atoms with Gasteiger partial charge in [0.15, 0.2) is 11.6 Å². The van der Waals surface area contributed by atoms with Crippen molar-refractivity contribution in [1.29, 1.82) is 0 Å². The molecule has 252 valence electrons. The minimum Gasteiger partial charge on any atom is -0.372 e. The molecular formula is C37H38F2N8O2. The van der Waals surface area contributed by atoms with E-state index in [0.29, 0.717) is 23.4 Å². The van der Waals surface area contributed by atoms with E-state index in [-0.39, 0.29) is 18.7 Å². The molecule has 1 aliphatic rings. The lowest BCUT2D eigenvalue weighted by Crippen LogP contribution is -2.41. The fourth-order valence-electron chi connectivity index (χ4n) is 5.90. The van der Waals surface area contributed by atoms with Gasteiger partial charge in [0, 0.05) is 48.8 Å². The lowest BCUT2D eigenvalue weighted by Gasteiger charge is -2.36. The molecular weight excluding hydrogens is 626 g/mol. The largest absolute Gasteiger partial charge is 0.372 e. The van der Waals surface area contributed by atoms with Crippen molar-refractivity contribution in [1.82, 2.24) is 29.7 Å². The van der Waals surface area contributed by atoms with E-state index in [2.05, 4.69) is 61.6 Å². The minimum absolute atomic E-state index is 0.0527. The van der Waals surface area contributed by atoms with Gasteiger partial charge in [-0.1, -0.05) is 24.3 Å². The Balaban J connectivity index is 1.04. The first-order valence-corrected chi connectivity index (χ1v) is 16.1. The number of fused-ring (bicyclic) bond motifs is 1. The zero-order chi connectivity index (χ0) is 34.5. The quantitative estimate of drug-likeness (QED) is 0.201. The number of carbonyl (C=O) groups excluding carboxylic acids is 1. The molecule has 0 spiro atoms. The molecule has 1 aliphatic heterocycles. The molecule has 6 rings (SSSR count). The van der Waals surface area contributed by atoms with E-state index in [0.717, 1.165) is 60.2 Å². The summed E-state index contributed by atoms with van der Waals surface area (Å²) in [4.78, 5) is 43.9. The lowest BCUT2D eigenvalue weighted by molar-refractivity contribution is 0.0955. The maximum absolute atomic E-state index is 13.7. The Kier molecular flexibility index (Phi) is 10.0. The zero-order valence-corrected chi connectivity index (χ0v) is 27.7. The number of anilines is 3. The molecule has 3 heterocycles. The highest BCUT2D eigenvalue weighted by Crippen LogP contribution is 2.25. The monoisotopic (exact) mass is 664 g/mol. The first-order valence-electron chi connectivity index (χ1n) is 16.1. The number of piperidine rings is 1. The Morgan fingerprint density at radius 2 is 1.78 bits per heavy atom. The number of nitrogens with one attached hydrogen (secondary N) is 2. The third kappa shape index (κ3) is 7.98. The fraction of sp³-hybridized carbons (Fsp3) is 0.270. The number of aromatic nitrogens is 4. The van der Waals surface area contributed by atoms with Gasteiger partial charge in [-0.15, -0.1) is 0 Å². The van der Waals surface area contributed by atoms with Gasteiger partial charge in [0.05, 0.1) is 12.1 Å². The second kappa shape index (κ2) is 14.7. The topological polar surface area (TPSA) is 108 Å². The van der Waals surface area contributed by atoms with Crippen molar-refractivity contribution >= 4 is 40.2 Å². The van der Waals surface area contributed by atoms with Crippen LogP contribution in [0.1, 0.15) is 40.2 Å². The summed E-state index contributed by atoms with van der Waals surface area (Å²) in [5.74, 6) is -1.73. The number of carbonyl (C=O) groups is 1. The summed E-state index contributed by atoms with van der Waals surface area (Å²) < 4.78 is 28.2. The maximum Gasteiger partial charge on any atom is 0.266 e. The number of rotatable bonds is 10. The van der Waals surface area contributed by atoms with E-state index < -0.39 is 23.1 Å². The molecule has 1 fully saturated rings. The van der Waals surface area contributed by atoms with Crippen molar-refractivity contribution in [3.63, 3.8) is 0 Å². The summed E-state index contributed by atoms with van der Waals surface area (Å²) in [5.41, 5.74) is 3.42. The highest BCUT2D eigenvalue weighted by molar-refractivity contribution is 5.93. The molecule has 0 bridgehead atoms. The smallest absolute Gasteiger partial charge is 0.266 e. The Morgan fingerprint density at radius 1 is 1.00 bits per heavy atom. The number of hydrogen-bond acceptors (Lipinski definition) is 8. The number of halogens is 2. The second-order valence-electron chi connectivity index (χ2n) is 12.3. The number of aryl methyl sites for hydroxylation is 1. The molecule has 10 nitrogen and oxygen atoms in total. The van der Waals surface area contributed by atoms with Crippen LogP contribution in [0, 0.1) is 18.6 Å². The first-order chi connectivity index (χ1) is 23.6. The van der Waals surface area contributed by atoms with Crippen LogP contribution >= 0.6 is 0 Å². The summed E-state index contributed by atoms with van der Waals surface area (Å²) in [7, 11) is 4.34. The Labute approximate surface area is 283 Å². The molecule has 0 unspecified atom stereocenters. The number of benzene rings is 3. The summed E-state index contributed by atoms with van der Waals surface area (Å²) in [6, 6.07) is 18.1. The van der Waals surface area contributed by atoms with Gasteiger partial charge in [0.2, 0.25) is 5.95 Å². The molecule has 2 N–H and O–H groups in total. The second-order valence-corrected chi connectivity index (χ2v) is 12.3. The van der Waals surface area contributed by atoms with E-state index in [1.807, 2.05) is 36.4 Å². The van der Waals surface area contributed by atoms with Crippen LogP contribution < -0.4 is 21.1 Å². The Hall–Kier alpha value is -5.49. The van der Waals surface area contributed by atoms with Crippen LogP contribution in [-0.2, 0) is 6.54 Å². The van der Waals surface area contributed by atoms with E-state index >= 15 is 0 Å². The van der Waals surface area contributed by atoms with Crippen molar-refractivity contribution in [3.8, 4) is 0 Å². The molecule has 1 amide bonds. The van der Waals surface area contributed by atoms with Crippen molar-refractivity contribution in [2.75, 3.05) is 43.9 Å². The normalized spacial score (nSPS) is 14.0. The van der Waals surface area contributed by atoms with Gasteiger partial charge in [-0.2, -0.15) is 0 Å². The van der Waals surface area contributed by atoms with Crippen LogP contribution in [0.15, 0.2) is 83.9 Å². The predicted octanol–water partition coefficient (Wildman–Crippen LogP) is 5.54. The molecule has 49 heavy (non-hydrogen) atoms. The first kappa shape index (κ1) is 33.4. The average molecular weight is 665 g/mol. The van der Waals surface area contributed by atoms with Crippen molar-refractivity contribution in [3.05, 3.63) is 124 Å². The molecule has 1 saturated heterocycles. The van der Waals surface area contributed by atoms with Gasteiger partial charge < -0.3 is 20.4 Å². The van der Waals surface area contributed by atoms with Crippen LogP contribution in [0.25, 0.3) is 17.0 Å². The van der Waals surface area contributed by atoms with Crippen LogP contribution in [0.2, 0.25) is 0 Å². The number of amides is 1. The molecule has 0 atom stereocenters. The zero-order valence-electron chi connectivity index (χ0n) is 27.7. The molecule has 5 aromatic rings. The standard InChI is InChI=1S/C37H38F2N8O2/c1-24-41-22-31(36(49)47(24)23-26-6-12-32(38)33(39)20-26)35(48)40-16-4-5-25-7-13-34-27(19-25)21-42-37(44-34)43-28-8-10-29(11-9-28)46(3)30-14-17-45(2)18-15-30/h4-13,19-22,30H,14-18,23H2,1-3H3,(H,40,48)(H,42,43,44)/b5-4+. The lowest BCUT2D eigenvalue weighted by atomic mass is 10.0. The average Bonchev–Trinajstić information content (AvgIpc) is 3.10. The predicted molar refractivity (Wildman–Crippen MR) is 188 cm³/mol. The van der Waals surface area contributed by atoms with Crippen LogP contribution in [0.5, 0.6) is 0 Å². The van der Waals surface area contributed by atoms with Crippen LogP contribution in [-0.4, -0.2) is 70.1 Å². The summed E-state index contributed by atoms with van der Waals surface area (Å²) in [5, 5.41) is 6.86. The minimum atomic E-state index is -1.01. The van der Waals surface area contributed by atoms with Gasteiger partial charge >= 0.3 is 0 Å². The number of hydrogen-bond donors (Lipinski definition) is 2. The SMILES string of the molecule is Cc1ncc(C(=O)NC/C=C/c2ccc3nc(Nc4ccc(N(C)C5CCN(C)CC5)cc4)ncc3c2)c(=O)n1Cc1ccc(F)c(F)c1. The third-order valence-electron chi connectivity index (χ3n) is 8.88. The molecule has 2 aromatic heterocycles. The Morgan fingerprint density at radius 3 is 2.53 bits per heavy atom. The van der Waals surface area contributed by atoms with Gasteiger partial charge in [-0.25, -0.2) is 23.7 Å². The van der Waals surface area contributed by atoms with Crippen molar-refractivity contribution in [2.24, 2.45) is 0 Å². The van der Waals surface area contributed by atoms with Gasteiger partial charge in [0.25, 0.3) is 11.5 Å². The van der Waals surface area contributed by atoms with E-state index in [1.54, 1.807) is 19.2 Å². The molecule has 0 radical (unpaired) electrons. The molecule has 0 aliphatic carbocycles. The fourth-order valence-corrected chi connectivity index (χ4v) is 5.90. The highest BCUT2D eigenvalue weighted by Gasteiger charge is 2.21. The molecule has 3 aromatic carbocycles. The van der Waals surface area contributed by atoms with Gasteiger partial charge in [-0.05, 0) is 99.6 Å². The van der Waals surface area contributed by atoms with Crippen molar-refractivity contribution < 1.29 is 13.6 Å². The summed E-state index contributed by atoms with van der Waals surface area (Å²) in [6.07, 6.45) is 8.93. The van der Waals surface area contributed by atoms with Gasteiger partial charge in [0.1, 0.15) is 11.4 Å². The number of likely N-dealkylation sites (tertiary alicyclic amines) is 1. The molecule has 0 saturated carbocycles. The third-order valence-corrected chi connectivity index (χ3v) is 8.88. The summed E-state index contributed by atoms with van der Waals surface area (Å²) >= 11 is 0. The van der Waals surface area contributed by atoms with Crippen LogP contribution in [0.3, 0.4) is 0 Å². The summed E-state index contributed by atoms with van der Waals surface area (Å²) in [6.45, 7) is 3.96. The van der Waals surface area contributed by atoms with E-state index in [9.17, 15) is 18.4 Å². The van der Waals surface area contributed by atoms with Crippen molar-refractivity contribution in [2.45, 2.75) is 32.4 Å². The Bertz CT molecular complexity index is 2060. The van der Waals surface area contributed by atoms with Gasteiger partial charge in [-0.3, -0.25) is 14.2 Å².